The molecule has 0 bridgehead atoms. The number of hydrogen-bond donors (Lipinski definition) is 5. The summed E-state index contributed by atoms with van der Waals surface area (Å²) in [6.45, 7) is 8.32. The van der Waals surface area contributed by atoms with E-state index in [1.54, 1.807) is 41.3 Å². The summed E-state index contributed by atoms with van der Waals surface area (Å²) < 4.78 is 23.0. The largest absolute Gasteiger partial charge is 0.511 e. The fourth-order valence-electron chi connectivity index (χ4n) is 6.72. The summed E-state index contributed by atoms with van der Waals surface area (Å²) in [7, 11) is 0. The Morgan fingerprint density at radius 2 is 0.985 bits per heavy atom. The minimum absolute atomic E-state index is 0. The van der Waals surface area contributed by atoms with Crippen LogP contribution in [-0.2, 0) is 46.1 Å². The van der Waals surface area contributed by atoms with Gasteiger partial charge in [-0.05, 0) is 136 Å². The summed E-state index contributed by atoms with van der Waals surface area (Å²) in [4.78, 5) is 44.6. The summed E-state index contributed by atoms with van der Waals surface area (Å²) in [6, 6.07) is 30.9. The Bertz CT molecular complexity index is 2090. The molecule has 0 aromatic heterocycles. The van der Waals surface area contributed by atoms with Crippen LogP contribution >= 0.6 is 34.8 Å². The molecule has 4 aromatic rings. The van der Waals surface area contributed by atoms with Gasteiger partial charge in [0.1, 0.15) is 0 Å². The number of carboxylic acids is 1. The van der Waals surface area contributed by atoms with Gasteiger partial charge in [0.15, 0.2) is 18.3 Å². The first-order valence-corrected chi connectivity index (χ1v) is 23.0. The molecule has 0 saturated carbocycles. The van der Waals surface area contributed by atoms with E-state index < -0.39 is 57.1 Å². The maximum absolute atomic E-state index is 12.1. The molecule has 0 unspecified atom stereocenters. The molecule has 4 rings (SSSR count). The molecule has 0 radical (unpaired) electrons. The van der Waals surface area contributed by atoms with Crippen molar-refractivity contribution in [2.45, 2.75) is 112 Å². The first-order chi connectivity index (χ1) is 31.6. The van der Waals surface area contributed by atoms with Crippen LogP contribution in [0.3, 0.4) is 0 Å². The van der Waals surface area contributed by atoms with Crippen LogP contribution < -0.4 is 0 Å². The molecule has 372 valence electrons. The maximum Gasteiger partial charge on any atom is 0.511 e. The molecule has 0 fully saturated rings. The summed E-state index contributed by atoms with van der Waals surface area (Å²) in [5.74, 6) is -2.41. The highest BCUT2D eigenvalue weighted by Gasteiger charge is 2.26. The summed E-state index contributed by atoms with van der Waals surface area (Å²) in [5, 5.41) is 49.6. The lowest BCUT2D eigenvalue weighted by Crippen LogP contribution is -2.29. The minimum Gasteiger partial charge on any atom is -0.479 e. The first kappa shape index (κ1) is 61.2. The maximum atomic E-state index is 12.1. The van der Waals surface area contributed by atoms with Gasteiger partial charge in [0, 0.05) is 10.0 Å². The third-order valence-corrected chi connectivity index (χ3v) is 10.1. The summed E-state index contributed by atoms with van der Waals surface area (Å²) in [5.41, 5.74) is 6.14. The number of benzene rings is 4. The van der Waals surface area contributed by atoms with Crippen molar-refractivity contribution >= 4 is 72.9 Å². The second-order valence-electron chi connectivity index (χ2n) is 16.4. The Kier molecular flexibility index (Phi) is 29.6. The summed E-state index contributed by atoms with van der Waals surface area (Å²) >= 11 is 17.1. The number of carbonyl (C=O) groups excluding carboxylic acids is 3. The van der Waals surface area contributed by atoms with E-state index in [0.717, 1.165) is 33.4 Å². The van der Waals surface area contributed by atoms with E-state index in [2.05, 4.69) is 14.2 Å². The Morgan fingerprint density at radius 3 is 1.34 bits per heavy atom. The van der Waals surface area contributed by atoms with Gasteiger partial charge in [0.05, 0.1) is 12.2 Å². The van der Waals surface area contributed by atoms with Crippen molar-refractivity contribution < 1.29 is 68.2 Å². The van der Waals surface area contributed by atoms with Gasteiger partial charge in [-0.2, -0.15) is 0 Å². The van der Waals surface area contributed by atoms with Crippen molar-refractivity contribution in [3.63, 3.8) is 0 Å². The molecule has 19 heteroatoms. The van der Waals surface area contributed by atoms with Gasteiger partial charge in [-0.1, -0.05) is 129 Å². The molecule has 0 aliphatic rings. The third kappa shape index (κ3) is 26.1. The zero-order chi connectivity index (χ0) is 50.1. The van der Waals surface area contributed by atoms with Crippen LogP contribution in [0.2, 0.25) is 36.3 Å². The van der Waals surface area contributed by atoms with Crippen LogP contribution in [0.15, 0.2) is 97.1 Å². The van der Waals surface area contributed by atoms with Crippen molar-refractivity contribution in [3.05, 3.63) is 118 Å². The van der Waals surface area contributed by atoms with Crippen molar-refractivity contribution in [1.82, 2.24) is 0 Å². The SMILES string of the molecule is C.CB(O)C[C@H](Cc1ccc(-c2cccc(Cl)c2)cc1)C[C@@H](O)C(=O)O.CB(O)C[C@H](Cc1ccc(-c2cccc(Cl)c2)cc1)C[C@@H](O)C(=O)OCOC(=O)OC(C)C.CC(C)OC(=O)OCCl. The van der Waals surface area contributed by atoms with Gasteiger partial charge in [0.2, 0.25) is 6.79 Å². The highest BCUT2D eigenvalue weighted by Crippen LogP contribution is 2.27. The Hall–Kier alpha value is -4.80. The lowest BCUT2D eigenvalue weighted by Gasteiger charge is -2.20. The molecule has 0 aliphatic heterocycles. The van der Waals surface area contributed by atoms with E-state index in [4.69, 9.17) is 49.4 Å². The number of rotatable bonds is 21. The predicted octanol–water partition coefficient (Wildman–Crippen LogP) is 10.6. The number of esters is 1. The number of ether oxygens (including phenoxy) is 5. The smallest absolute Gasteiger partial charge is 0.479 e. The second-order valence-corrected chi connectivity index (χ2v) is 17.5. The number of carboxylic acid groups (broad SMARTS) is 1. The van der Waals surface area contributed by atoms with Gasteiger partial charge >= 0.3 is 24.2 Å². The van der Waals surface area contributed by atoms with E-state index in [1.807, 2.05) is 97.1 Å². The van der Waals surface area contributed by atoms with E-state index >= 15 is 0 Å². The van der Waals surface area contributed by atoms with Crippen molar-refractivity contribution in [2.75, 3.05) is 12.9 Å². The highest BCUT2D eigenvalue weighted by atomic mass is 35.5. The molecule has 0 aliphatic carbocycles. The third-order valence-electron chi connectivity index (χ3n) is 9.51. The molecule has 0 amide bonds. The molecule has 14 nitrogen and oxygen atoms in total. The van der Waals surface area contributed by atoms with Crippen LogP contribution in [0.4, 0.5) is 9.59 Å². The zero-order valence-electron chi connectivity index (χ0n) is 38.6. The Balaban J connectivity index is 0.000000582. The summed E-state index contributed by atoms with van der Waals surface area (Å²) in [6.07, 6.45) is -2.79. The van der Waals surface area contributed by atoms with Crippen molar-refractivity contribution in [3.8, 4) is 22.3 Å². The topological polar surface area (TPSA) is 216 Å². The fraction of sp³-hybridized carbons (Fsp3) is 0.429. The fourth-order valence-corrected chi connectivity index (χ4v) is 7.19. The molecule has 0 heterocycles. The van der Waals surface area contributed by atoms with Gasteiger partial charge in [-0.25, -0.2) is 19.2 Å². The van der Waals surface area contributed by atoms with E-state index in [1.165, 1.54) is 0 Å². The molecule has 0 spiro atoms. The normalized spacial score (nSPS) is 12.3. The minimum atomic E-state index is -1.41. The number of carbonyl (C=O) groups is 4. The van der Waals surface area contributed by atoms with Crippen LogP contribution in [0, 0.1) is 11.8 Å². The molecular formula is C49H65B2Cl3O14. The second kappa shape index (κ2) is 32.9. The zero-order valence-corrected chi connectivity index (χ0v) is 40.8. The molecular weight excluding hydrogens is 941 g/mol. The van der Waals surface area contributed by atoms with Gasteiger partial charge in [-0.3, -0.25) is 0 Å². The number of hydrogen-bond acceptors (Lipinski definition) is 13. The lowest BCUT2D eigenvalue weighted by atomic mass is 9.62. The van der Waals surface area contributed by atoms with Crippen molar-refractivity contribution in [1.29, 1.82) is 0 Å². The standard InChI is InChI=1S/C24H30BClO7.C19H22BClO4.C5H9ClO3.CH4/c1-16(2)33-24(29)32-15-31-23(28)22(27)12-18(14-25(3)30)11-17-7-9-19(10-8-17)20-5-4-6-21(26)13-20;1-20(25)12-14(10-18(22)19(23)24)9-13-5-7-15(8-6-13)16-3-2-4-17(21)11-16;1-4(2)9-5(7)8-3-6;/h4-10,13,16,18,22,27,30H,11-12,14-15H2,1-3H3;2-8,11,14,18,22,25H,9-10,12H2,1H3,(H,23,24);4H,3H2,1-2H3;1H4/t18-,22-;14-,18-;;/m11../s1. The average molecular weight is 1010 g/mol. The lowest BCUT2D eigenvalue weighted by molar-refractivity contribution is -0.164. The van der Waals surface area contributed by atoms with Crippen LogP contribution in [0.1, 0.15) is 59.1 Å². The van der Waals surface area contributed by atoms with Gasteiger partial charge in [0.25, 0.3) is 13.8 Å². The molecule has 5 N–H and O–H groups in total. The number of aliphatic hydroxyl groups is 2. The predicted molar refractivity (Wildman–Crippen MR) is 268 cm³/mol. The van der Waals surface area contributed by atoms with Gasteiger partial charge in [-0.15, -0.1) is 0 Å². The van der Waals surface area contributed by atoms with Crippen LogP contribution in [-0.4, -0.2) is 101 Å². The Labute approximate surface area is 416 Å². The van der Waals surface area contributed by atoms with Crippen molar-refractivity contribution in [2.24, 2.45) is 11.8 Å². The quantitative estimate of drug-likeness (QED) is 0.0173. The highest BCUT2D eigenvalue weighted by molar-refractivity contribution is 6.48. The average Bonchev–Trinajstić information content (AvgIpc) is 3.23. The molecule has 4 aromatic carbocycles. The van der Waals surface area contributed by atoms with E-state index in [-0.39, 0.29) is 50.4 Å². The van der Waals surface area contributed by atoms with Crippen LogP contribution in [0.5, 0.6) is 0 Å². The number of aliphatic hydroxyl groups excluding tert-OH is 2. The number of halogens is 3. The Morgan fingerprint density at radius 1 is 0.588 bits per heavy atom. The molecule has 4 atom stereocenters. The monoisotopic (exact) mass is 1000 g/mol. The van der Waals surface area contributed by atoms with E-state index in [9.17, 15) is 39.4 Å². The number of alkyl halides is 1. The molecule has 68 heavy (non-hydrogen) atoms. The number of aliphatic carboxylic acids is 1. The van der Waals surface area contributed by atoms with E-state index in [0.29, 0.717) is 35.5 Å². The van der Waals surface area contributed by atoms with Gasteiger partial charge < -0.3 is 49.1 Å². The van der Waals surface area contributed by atoms with Crippen LogP contribution in [0.25, 0.3) is 22.3 Å². The molecule has 0 saturated heterocycles. The first-order valence-electron chi connectivity index (χ1n) is 21.7.